The van der Waals surface area contributed by atoms with E-state index in [1.165, 1.54) is 0 Å². The van der Waals surface area contributed by atoms with Crippen LogP contribution in [0.4, 0.5) is 13.2 Å². The van der Waals surface area contributed by atoms with Crippen LogP contribution >= 0.6 is 0 Å². The van der Waals surface area contributed by atoms with E-state index in [4.69, 9.17) is 19.6 Å². The van der Waals surface area contributed by atoms with Crippen molar-refractivity contribution < 1.29 is 37.4 Å². The largest absolute Gasteiger partial charge is 0.490 e. The third kappa shape index (κ3) is 6.96. The zero-order chi connectivity index (χ0) is 28.7. The fourth-order valence-electron chi connectivity index (χ4n) is 4.72. The highest BCUT2D eigenvalue weighted by Crippen LogP contribution is 2.33. The normalized spacial score (nSPS) is 17.8. The molecule has 0 aliphatic carbocycles. The Morgan fingerprint density at radius 1 is 1.02 bits per heavy atom. The number of nitrogens with one attached hydrogen (secondary N) is 1. The summed E-state index contributed by atoms with van der Waals surface area (Å²) in [6, 6.07) is 14.9. The second-order valence-electron chi connectivity index (χ2n) is 9.31. The Bertz CT molecular complexity index is 1330. The molecule has 2 fully saturated rings. The monoisotopic (exact) mass is 561 g/mol. The van der Waals surface area contributed by atoms with E-state index in [1.54, 1.807) is 0 Å². The molecule has 2 aliphatic heterocycles. The van der Waals surface area contributed by atoms with Gasteiger partial charge >= 0.3 is 12.1 Å². The lowest BCUT2D eigenvalue weighted by atomic mass is 10.1. The molecule has 1 atom stereocenters. The number of likely N-dealkylation sites (tertiary alicyclic amines) is 1. The summed E-state index contributed by atoms with van der Waals surface area (Å²) in [4.78, 5) is 44.1. The summed E-state index contributed by atoms with van der Waals surface area (Å²) in [5, 5.41) is 10.1. The number of morpholine rings is 1. The number of amides is 2. The molecule has 10 nitrogen and oxygen atoms in total. The van der Waals surface area contributed by atoms with Crippen molar-refractivity contribution in [1.82, 2.24) is 24.5 Å². The summed E-state index contributed by atoms with van der Waals surface area (Å²) in [7, 11) is 0. The van der Waals surface area contributed by atoms with Crippen LogP contribution in [0.15, 0.2) is 54.7 Å². The quantitative estimate of drug-likeness (QED) is 0.475. The Morgan fingerprint density at radius 2 is 1.70 bits per heavy atom. The maximum absolute atomic E-state index is 13.2. The van der Waals surface area contributed by atoms with Crippen molar-refractivity contribution in [3.63, 3.8) is 0 Å². The number of halogens is 3. The molecule has 40 heavy (non-hydrogen) atoms. The molecule has 2 aromatic heterocycles. The third-order valence-corrected chi connectivity index (χ3v) is 6.68. The van der Waals surface area contributed by atoms with Gasteiger partial charge in [0, 0.05) is 44.5 Å². The number of hydrogen-bond donors (Lipinski definition) is 2. The number of hydrogen-bond acceptors (Lipinski definition) is 6. The fraction of sp³-hybridized carbons (Fsp3) is 0.407. The SMILES string of the molecule is O=C(NCCN1CCOCC1)c1nc(C2CCCN2C(=O)c2ccccc2)n2ccccc12.O=C(O)C(F)(F)F. The van der Waals surface area contributed by atoms with Crippen LogP contribution in [0.3, 0.4) is 0 Å². The number of alkyl halides is 3. The van der Waals surface area contributed by atoms with Gasteiger partial charge in [0.25, 0.3) is 11.8 Å². The zero-order valence-electron chi connectivity index (χ0n) is 21.6. The van der Waals surface area contributed by atoms with E-state index >= 15 is 0 Å². The molecule has 0 spiro atoms. The number of carbonyl (C=O) groups excluding carboxylic acids is 2. The molecular weight excluding hydrogens is 531 g/mol. The number of imidazole rings is 1. The van der Waals surface area contributed by atoms with Crippen LogP contribution < -0.4 is 5.32 Å². The summed E-state index contributed by atoms with van der Waals surface area (Å²) in [5.74, 6) is -2.20. The Kier molecular flexibility index (Phi) is 9.38. The topological polar surface area (TPSA) is 116 Å². The molecule has 2 amide bonds. The van der Waals surface area contributed by atoms with Crippen LogP contribution in [0.25, 0.3) is 5.52 Å². The third-order valence-electron chi connectivity index (χ3n) is 6.68. The van der Waals surface area contributed by atoms with Crippen LogP contribution in [0, 0.1) is 0 Å². The van der Waals surface area contributed by atoms with Gasteiger partial charge in [-0.1, -0.05) is 24.3 Å². The highest BCUT2D eigenvalue weighted by molar-refractivity contribution is 5.99. The van der Waals surface area contributed by atoms with E-state index in [1.807, 2.05) is 64.0 Å². The van der Waals surface area contributed by atoms with Gasteiger partial charge in [0.05, 0.1) is 24.8 Å². The van der Waals surface area contributed by atoms with Crippen molar-refractivity contribution in [3.05, 3.63) is 71.8 Å². The predicted molar refractivity (Wildman–Crippen MR) is 138 cm³/mol. The number of benzene rings is 1. The molecule has 3 aromatic rings. The van der Waals surface area contributed by atoms with Gasteiger partial charge in [0.15, 0.2) is 5.69 Å². The minimum atomic E-state index is -5.08. The fourth-order valence-corrected chi connectivity index (χ4v) is 4.72. The molecule has 2 aliphatic rings. The van der Waals surface area contributed by atoms with Crippen molar-refractivity contribution in [3.8, 4) is 0 Å². The number of carboxylic acid groups (broad SMARTS) is 1. The lowest BCUT2D eigenvalue weighted by molar-refractivity contribution is -0.192. The highest BCUT2D eigenvalue weighted by Gasteiger charge is 2.38. The molecule has 1 unspecified atom stereocenters. The lowest BCUT2D eigenvalue weighted by Crippen LogP contribution is -2.41. The van der Waals surface area contributed by atoms with Crippen molar-refractivity contribution in [2.75, 3.05) is 45.9 Å². The first-order valence-corrected chi connectivity index (χ1v) is 12.9. The lowest BCUT2D eigenvalue weighted by Gasteiger charge is -2.26. The smallest absolute Gasteiger partial charge is 0.475 e. The number of carboxylic acids is 1. The van der Waals surface area contributed by atoms with Gasteiger partial charge < -0.3 is 24.5 Å². The molecule has 5 rings (SSSR count). The Balaban J connectivity index is 0.000000470. The van der Waals surface area contributed by atoms with Gasteiger partial charge in [0.1, 0.15) is 5.82 Å². The van der Waals surface area contributed by atoms with E-state index < -0.39 is 12.1 Å². The van der Waals surface area contributed by atoms with Crippen molar-refractivity contribution in [1.29, 1.82) is 0 Å². The minimum absolute atomic E-state index is 0.00212. The Hall–Kier alpha value is -3.97. The minimum Gasteiger partial charge on any atom is -0.475 e. The van der Waals surface area contributed by atoms with Crippen LogP contribution in [0.2, 0.25) is 0 Å². The molecule has 4 heterocycles. The van der Waals surface area contributed by atoms with Crippen LogP contribution in [-0.2, 0) is 9.53 Å². The first-order chi connectivity index (χ1) is 19.2. The molecule has 1 aromatic carbocycles. The number of aliphatic carboxylic acids is 1. The van der Waals surface area contributed by atoms with Gasteiger partial charge in [-0.2, -0.15) is 13.2 Å². The van der Waals surface area contributed by atoms with E-state index in [0.29, 0.717) is 24.3 Å². The molecule has 2 N–H and O–H groups in total. The zero-order valence-corrected chi connectivity index (χ0v) is 21.6. The summed E-state index contributed by atoms with van der Waals surface area (Å²) in [6.45, 7) is 5.28. The second-order valence-corrected chi connectivity index (χ2v) is 9.31. The van der Waals surface area contributed by atoms with E-state index in [2.05, 4.69) is 10.2 Å². The van der Waals surface area contributed by atoms with Crippen LogP contribution in [0.1, 0.15) is 45.6 Å². The van der Waals surface area contributed by atoms with Gasteiger partial charge in [-0.25, -0.2) is 9.78 Å². The first kappa shape index (κ1) is 29.0. The van der Waals surface area contributed by atoms with Gasteiger partial charge in [-0.05, 0) is 37.1 Å². The number of carbonyl (C=O) groups is 3. The highest BCUT2D eigenvalue weighted by atomic mass is 19.4. The molecule has 0 saturated carbocycles. The average molecular weight is 562 g/mol. The van der Waals surface area contributed by atoms with Gasteiger partial charge in [0.2, 0.25) is 0 Å². The Morgan fingerprint density at radius 3 is 2.38 bits per heavy atom. The predicted octanol–water partition coefficient (Wildman–Crippen LogP) is 3.01. The van der Waals surface area contributed by atoms with Crippen molar-refractivity contribution >= 4 is 23.3 Å². The molecule has 0 bridgehead atoms. The van der Waals surface area contributed by atoms with Crippen LogP contribution in [-0.4, -0.2) is 94.2 Å². The standard InChI is InChI=1S/C25H29N5O3.C2HF3O2/c31-24(26-11-14-28-15-17-33-18-16-28)22-20-9-4-5-12-29(20)23(27-22)21-10-6-13-30(21)25(32)19-7-2-1-3-8-19;3-2(4,5)1(6)7/h1-5,7-9,12,21H,6,10-11,13-18H2,(H,26,31);(H,6,7). The van der Waals surface area contributed by atoms with Crippen molar-refractivity contribution in [2.45, 2.75) is 25.1 Å². The molecule has 0 radical (unpaired) electrons. The number of nitrogens with zero attached hydrogens (tertiary/aromatic N) is 4. The van der Waals surface area contributed by atoms with Crippen molar-refractivity contribution in [2.24, 2.45) is 0 Å². The van der Waals surface area contributed by atoms with Gasteiger partial charge in [-0.3, -0.25) is 14.5 Å². The van der Waals surface area contributed by atoms with Gasteiger partial charge in [-0.15, -0.1) is 0 Å². The van der Waals surface area contributed by atoms with E-state index in [0.717, 1.165) is 57.0 Å². The maximum Gasteiger partial charge on any atom is 0.490 e. The average Bonchev–Trinajstić information content (AvgIpc) is 3.59. The summed E-state index contributed by atoms with van der Waals surface area (Å²) >= 11 is 0. The molecular formula is C27H30F3N5O5. The maximum atomic E-state index is 13.2. The van der Waals surface area contributed by atoms with E-state index in [9.17, 15) is 22.8 Å². The summed E-state index contributed by atoms with van der Waals surface area (Å²) in [6.07, 6.45) is -1.43. The van der Waals surface area contributed by atoms with E-state index in [-0.39, 0.29) is 17.9 Å². The molecule has 2 saturated heterocycles. The van der Waals surface area contributed by atoms with Crippen LogP contribution in [0.5, 0.6) is 0 Å². The number of pyridine rings is 1. The Labute approximate surface area is 228 Å². The number of rotatable bonds is 6. The molecule has 214 valence electrons. The number of aromatic nitrogens is 2. The number of fused-ring (bicyclic) bond motifs is 1. The first-order valence-electron chi connectivity index (χ1n) is 12.9. The second kappa shape index (κ2) is 12.9. The summed E-state index contributed by atoms with van der Waals surface area (Å²) < 4.78 is 39.1. The molecule has 13 heteroatoms. The summed E-state index contributed by atoms with van der Waals surface area (Å²) in [5.41, 5.74) is 1.84. The number of ether oxygens (including phenoxy) is 1.